The normalized spacial score (nSPS) is 20.4. The molecule has 0 radical (unpaired) electrons. The zero-order valence-electron chi connectivity index (χ0n) is 10.0. The van der Waals surface area contributed by atoms with Crippen LogP contribution in [-0.2, 0) is 0 Å². The van der Waals surface area contributed by atoms with Gasteiger partial charge in [0.15, 0.2) is 0 Å². The van der Waals surface area contributed by atoms with Crippen molar-refractivity contribution in [2.24, 2.45) is 5.73 Å². The fourth-order valence-corrected chi connectivity index (χ4v) is 2.60. The van der Waals surface area contributed by atoms with Crippen molar-refractivity contribution in [3.05, 3.63) is 52.2 Å². The van der Waals surface area contributed by atoms with Crippen molar-refractivity contribution in [1.29, 1.82) is 0 Å². The summed E-state index contributed by atoms with van der Waals surface area (Å²) in [5.74, 6) is 1.44. The molecule has 4 rings (SSSR count). The van der Waals surface area contributed by atoms with E-state index in [0.717, 1.165) is 28.8 Å². The van der Waals surface area contributed by atoms with E-state index in [0.29, 0.717) is 11.1 Å². The van der Waals surface area contributed by atoms with Crippen LogP contribution in [0.25, 0.3) is 16.3 Å². The maximum absolute atomic E-state index is 11.8. The van der Waals surface area contributed by atoms with Crippen molar-refractivity contribution in [2.75, 3.05) is 0 Å². The van der Waals surface area contributed by atoms with Gasteiger partial charge in [0.25, 0.3) is 5.56 Å². The van der Waals surface area contributed by atoms with Crippen molar-refractivity contribution >= 4 is 16.3 Å². The van der Waals surface area contributed by atoms with Crippen LogP contribution in [-0.4, -0.2) is 16.2 Å². The summed E-state index contributed by atoms with van der Waals surface area (Å²) < 4.78 is 5.86. The minimum absolute atomic E-state index is 0.0450. The molecule has 2 aromatic rings. The Kier molecular flexibility index (Phi) is 1.97. The second-order valence-electron chi connectivity index (χ2n) is 4.73. The Morgan fingerprint density at radius 1 is 1.42 bits per heavy atom. The van der Waals surface area contributed by atoms with E-state index in [9.17, 15) is 4.79 Å². The summed E-state index contributed by atoms with van der Waals surface area (Å²) in [6, 6.07) is 5.38. The number of hydrogen-bond acceptors (Lipinski definition) is 4. The van der Waals surface area contributed by atoms with Crippen LogP contribution in [0, 0.1) is 0 Å². The fourth-order valence-electron chi connectivity index (χ4n) is 2.60. The summed E-state index contributed by atoms with van der Waals surface area (Å²) in [6.45, 7) is 0. The van der Waals surface area contributed by atoms with Gasteiger partial charge < -0.3 is 10.5 Å². The average molecular weight is 253 g/mol. The summed E-state index contributed by atoms with van der Waals surface area (Å²) in [5, 5.41) is 8.04. The summed E-state index contributed by atoms with van der Waals surface area (Å²) in [5.41, 5.74) is 7.33. The molecule has 1 atom stereocenters. The predicted molar refractivity (Wildman–Crippen MR) is 71.6 cm³/mol. The molecule has 5 nitrogen and oxygen atoms in total. The molecule has 1 aromatic carbocycles. The van der Waals surface area contributed by atoms with E-state index in [1.165, 1.54) is 0 Å². The van der Waals surface area contributed by atoms with E-state index in [2.05, 4.69) is 10.2 Å². The molecule has 1 unspecified atom stereocenters. The van der Waals surface area contributed by atoms with Crippen molar-refractivity contribution in [2.45, 2.75) is 12.5 Å². The number of rotatable bonds is 0. The van der Waals surface area contributed by atoms with E-state index < -0.39 is 0 Å². The number of ether oxygens (including phenoxy) is 1. The van der Waals surface area contributed by atoms with Crippen LogP contribution < -0.4 is 16.0 Å². The number of aromatic nitrogens is 2. The summed E-state index contributed by atoms with van der Waals surface area (Å²) in [7, 11) is 0. The first-order valence-electron chi connectivity index (χ1n) is 6.11. The summed E-state index contributed by atoms with van der Waals surface area (Å²) >= 11 is 0. The number of H-pyrrole nitrogens is 1. The molecule has 5 heteroatoms. The number of aromatic amines is 1. The van der Waals surface area contributed by atoms with Gasteiger partial charge in [0.05, 0.1) is 10.8 Å². The molecular weight excluding hydrogens is 242 g/mol. The molecule has 0 bridgehead atoms. The number of allylic oxidation sites excluding steroid dienone is 1. The van der Waals surface area contributed by atoms with Crippen LogP contribution in [0.1, 0.15) is 12.1 Å². The molecule has 19 heavy (non-hydrogen) atoms. The molecule has 2 heterocycles. The first-order valence-corrected chi connectivity index (χ1v) is 6.11. The number of nitrogens with zero attached hydrogens (tertiary/aromatic N) is 1. The lowest BCUT2D eigenvalue weighted by molar-refractivity contribution is 0.442. The number of hydrogen-bond donors (Lipinski definition) is 2. The molecule has 3 N–H and O–H groups in total. The van der Waals surface area contributed by atoms with Crippen LogP contribution in [0.4, 0.5) is 0 Å². The monoisotopic (exact) mass is 253 g/mol. The SMILES string of the molecule is NC1C=C2C(=CC1)Oc1cccc3c(=O)[nH]nc2c13. The molecule has 0 amide bonds. The van der Waals surface area contributed by atoms with E-state index >= 15 is 0 Å². The Balaban J connectivity index is 2.14. The highest BCUT2D eigenvalue weighted by molar-refractivity contribution is 6.01. The summed E-state index contributed by atoms with van der Waals surface area (Å²) in [6.07, 6.45) is 4.65. The van der Waals surface area contributed by atoms with Gasteiger partial charge >= 0.3 is 0 Å². The van der Waals surface area contributed by atoms with Crippen molar-refractivity contribution in [3.8, 4) is 5.75 Å². The molecule has 1 aliphatic heterocycles. The lowest BCUT2D eigenvalue weighted by Gasteiger charge is -2.25. The third-order valence-electron chi connectivity index (χ3n) is 3.47. The molecular formula is C14H11N3O2. The van der Waals surface area contributed by atoms with Gasteiger partial charge in [-0.3, -0.25) is 4.79 Å². The van der Waals surface area contributed by atoms with Crippen molar-refractivity contribution in [3.63, 3.8) is 0 Å². The van der Waals surface area contributed by atoms with E-state index in [1.54, 1.807) is 12.1 Å². The van der Waals surface area contributed by atoms with Gasteiger partial charge in [-0.25, -0.2) is 5.10 Å². The lowest BCUT2D eigenvalue weighted by atomic mass is 9.94. The third kappa shape index (κ3) is 1.39. The highest BCUT2D eigenvalue weighted by atomic mass is 16.5. The molecule has 1 aromatic heterocycles. The second-order valence-corrected chi connectivity index (χ2v) is 4.73. The molecule has 0 saturated carbocycles. The van der Waals surface area contributed by atoms with Crippen LogP contribution in [0.3, 0.4) is 0 Å². The maximum atomic E-state index is 11.8. The minimum Gasteiger partial charge on any atom is -0.456 e. The van der Waals surface area contributed by atoms with E-state index in [4.69, 9.17) is 10.5 Å². The van der Waals surface area contributed by atoms with E-state index in [-0.39, 0.29) is 11.6 Å². The first kappa shape index (κ1) is 10.5. The van der Waals surface area contributed by atoms with Gasteiger partial charge in [0.1, 0.15) is 17.2 Å². The molecule has 2 aliphatic rings. The number of benzene rings is 1. The largest absolute Gasteiger partial charge is 0.456 e. The Bertz CT molecular complexity index is 817. The maximum Gasteiger partial charge on any atom is 0.272 e. The zero-order valence-corrected chi connectivity index (χ0v) is 10.0. The molecule has 0 fully saturated rings. The molecule has 94 valence electrons. The van der Waals surface area contributed by atoms with Gasteiger partial charge in [-0.05, 0) is 24.6 Å². The van der Waals surface area contributed by atoms with Crippen molar-refractivity contribution < 1.29 is 4.74 Å². The van der Waals surface area contributed by atoms with E-state index in [1.807, 2.05) is 18.2 Å². The molecule has 1 aliphatic carbocycles. The fraction of sp³-hybridized carbons (Fsp3) is 0.143. The van der Waals surface area contributed by atoms with Crippen molar-refractivity contribution in [1.82, 2.24) is 10.2 Å². The van der Waals surface area contributed by atoms with Gasteiger partial charge in [0, 0.05) is 11.6 Å². The highest BCUT2D eigenvalue weighted by Gasteiger charge is 2.27. The molecule has 0 saturated heterocycles. The van der Waals surface area contributed by atoms with Crippen LogP contribution in [0.2, 0.25) is 0 Å². The predicted octanol–water partition coefficient (Wildman–Crippen LogP) is 1.31. The highest BCUT2D eigenvalue weighted by Crippen LogP contribution is 2.40. The Labute approximate surface area is 108 Å². The lowest BCUT2D eigenvalue weighted by Crippen LogP contribution is -2.23. The zero-order chi connectivity index (χ0) is 13.0. The van der Waals surface area contributed by atoms with Gasteiger partial charge in [-0.15, -0.1) is 0 Å². The number of nitrogens with one attached hydrogen (secondary N) is 1. The first-order chi connectivity index (χ1) is 9.24. The van der Waals surface area contributed by atoms with Gasteiger partial charge in [-0.2, -0.15) is 5.10 Å². The Hall–Kier alpha value is -2.40. The number of fused-ring (bicyclic) bond motifs is 2. The van der Waals surface area contributed by atoms with Crippen LogP contribution >= 0.6 is 0 Å². The Morgan fingerprint density at radius 2 is 2.32 bits per heavy atom. The smallest absolute Gasteiger partial charge is 0.272 e. The second kappa shape index (κ2) is 3.55. The summed E-state index contributed by atoms with van der Waals surface area (Å²) in [4.78, 5) is 11.8. The number of nitrogens with two attached hydrogens (primary N) is 1. The quantitative estimate of drug-likeness (QED) is 0.741. The minimum atomic E-state index is -0.211. The third-order valence-corrected chi connectivity index (χ3v) is 3.47. The average Bonchev–Trinajstić information content (AvgIpc) is 2.42. The van der Waals surface area contributed by atoms with Crippen LogP contribution in [0.5, 0.6) is 5.75 Å². The molecule has 0 spiro atoms. The standard InChI is InChI=1S/C14H11N3O2/c15-7-4-5-10-9(6-7)13-12-8(14(18)17-16-13)2-1-3-11(12)19-10/h1-3,5-7H,4,15H2,(H,17,18). The Morgan fingerprint density at radius 3 is 3.21 bits per heavy atom. The van der Waals surface area contributed by atoms with Crippen LogP contribution in [0.15, 0.2) is 40.9 Å². The topological polar surface area (TPSA) is 81.0 Å². The van der Waals surface area contributed by atoms with Gasteiger partial charge in [-0.1, -0.05) is 12.1 Å². The van der Waals surface area contributed by atoms with Gasteiger partial charge in [0.2, 0.25) is 0 Å².